The number of aromatic nitrogens is 3. The van der Waals surface area contributed by atoms with E-state index in [1.165, 1.54) is 17.7 Å². The number of phenols is 1. The van der Waals surface area contributed by atoms with E-state index in [0.29, 0.717) is 44.8 Å². The van der Waals surface area contributed by atoms with Gasteiger partial charge in [0.25, 0.3) is 0 Å². The van der Waals surface area contributed by atoms with Crippen LogP contribution in [0.25, 0.3) is 72.7 Å². The second-order valence-electron chi connectivity index (χ2n) is 18.0. The number of fused-ring (bicyclic) bond motifs is 1. The van der Waals surface area contributed by atoms with E-state index in [4.69, 9.17) is 22.3 Å². The molecule has 0 atom stereocenters. The van der Waals surface area contributed by atoms with Gasteiger partial charge in [0.05, 0.1) is 22.3 Å². The second-order valence-corrected chi connectivity index (χ2v) is 18.0. The SMILES string of the molecule is [2H]C([2H])([2H])C(c1ccc(-n2c(-c3cc(C)cc(C)c3O)nc3c(-c4[c-]c(-c5cc(-c6ccc(C(C)(C)C)cc6)ccn5)cc(C(C)(C)C)c4)cccc32)c(-c2ccccc2)c1)(C([2H])([2H])[2H])C([2H])([2H])[2H].[Pt]. The molecule has 0 spiro atoms. The summed E-state index contributed by atoms with van der Waals surface area (Å²) in [5, 5.41) is 11.9. The van der Waals surface area contributed by atoms with Gasteiger partial charge in [0.2, 0.25) is 0 Å². The quantitative estimate of drug-likeness (QED) is 0.169. The molecular formula is C56H56N3OPt-. The summed E-state index contributed by atoms with van der Waals surface area (Å²) in [4.78, 5) is 10.2. The van der Waals surface area contributed by atoms with E-state index in [0.717, 1.165) is 44.6 Å². The number of rotatable bonds is 6. The van der Waals surface area contributed by atoms with Crippen LogP contribution in [0, 0.1) is 19.9 Å². The van der Waals surface area contributed by atoms with Crippen LogP contribution in [0.1, 0.15) is 102 Å². The van der Waals surface area contributed by atoms with Crippen LogP contribution >= 0.6 is 0 Å². The van der Waals surface area contributed by atoms with E-state index >= 15 is 0 Å². The Morgan fingerprint density at radius 3 is 1.97 bits per heavy atom. The van der Waals surface area contributed by atoms with Crippen molar-refractivity contribution in [2.24, 2.45) is 0 Å². The number of nitrogens with zero attached hydrogens (tertiary/aromatic N) is 3. The first-order valence-corrected chi connectivity index (χ1v) is 20.3. The van der Waals surface area contributed by atoms with Crippen LogP contribution < -0.4 is 0 Å². The molecule has 0 aliphatic carbocycles. The summed E-state index contributed by atoms with van der Waals surface area (Å²) in [7, 11) is 0. The number of phenolic OH excluding ortho intramolecular Hbond substituents is 1. The Hall–Kier alpha value is -5.57. The van der Waals surface area contributed by atoms with E-state index in [1.54, 1.807) is 30.3 Å². The first-order chi connectivity index (χ1) is 32.1. The summed E-state index contributed by atoms with van der Waals surface area (Å²) in [6, 6.07) is 43.4. The van der Waals surface area contributed by atoms with Crippen molar-refractivity contribution >= 4 is 11.0 Å². The maximum atomic E-state index is 11.9. The zero-order chi connectivity index (χ0) is 50.2. The number of benzene rings is 6. The number of aryl methyl sites for hydroxylation is 2. The predicted molar refractivity (Wildman–Crippen MR) is 252 cm³/mol. The van der Waals surface area contributed by atoms with E-state index in [1.807, 2.05) is 67.1 Å². The van der Waals surface area contributed by atoms with Crippen molar-refractivity contribution in [1.82, 2.24) is 14.5 Å². The first-order valence-electron chi connectivity index (χ1n) is 24.8. The summed E-state index contributed by atoms with van der Waals surface area (Å²) in [6.45, 7) is 6.36. The van der Waals surface area contributed by atoms with Crippen LogP contribution in [0.3, 0.4) is 0 Å². The Morgan fingerprint density at radius 1 is 0.590 bits per heavy atom. The Labute approximate surface area is 389 Å². The van der Waals surface area contributed by atoms with Gasteiger partial charge in [-0.2, -0.15) is 0 Å². The second kappa shape index (κ2) is 16.4. The molecule has 0 aliphatic heterocycles. The van der Waals surface area contributed by atoms with Gasteiger partial charge in [0, 0.05) is 50.9 Å². The normalized spacial score (nSPS) is 14.9. The monoisotopic (exact) mass is 990 g/mol. The van der Waals surface area contributed by atoms with Crippen LogP contribution in [0.15, 0.2) is 134 Å². The van der Waals surface area contributed by atoms with Gasteiger partial charge in [-0.1, -0.05) is 158 Å². The summed E-state index contributed by atoms with van der Waals surface area (Å²) in [5.41, 5.74) is 7.93. The summed E-state index contributed by atoms with van der Waals surface area (Å²) >= 11 is 0. The Balaban J connectivity index is 0.00000722. The third-order valence-corrected chi connectivity index (χ3v) is 11.3. The zero-order valence-electron chi connectivity index (χ0n) is 44.8. The minimum atomic E-state index is -3.48. The summed E-state index contributed by atoms with van der Waals surface area (Å²) in [6.07, 6.45) is 1.82. The number of aromatic hydroxyl groups is 1. The van der Waals surface area contributed by atoms with E-state index in [-0.39, 0.29) is 43.2 Å². The molecule has 0 radical (unpaired) electrons. The van der Waals surface area contributed by atoms with Gasteiger partial charge < -0.3 is 5.11 Å². The van der Waals surface area contributed by atoms with Crippen LogP contribution in [0.5, 0.6) is 5.75 Å². The molecular weight excluding hydrogens is 926 g/mol. The van der Waals surface area contributed by atoms with Crippen LogP contribution in [0.2, 0.25) is 0 Å². The first kappa shape index (κ1) is 33.1. The molecule has 61 heavy (non-hydrogen) atoms. The molecule has 8 rings (SSSR count). The van der Waals surface area contributed by atoms with Crippen LogP contribution in [0.4, 0.5) is 0 Å². The van der Waals surface area contributed by atoms with Crippen LogP contribution in [-0.4, -0.2) is 19.6 Å². The number of hydrogen-bond donors (Lipinski definition) is 1. The number of pyridine rings is 1. The van der Waals surface area contributed by atoms with E-state index < -0.39 is 26.0 Å². The fourth-order valence-corrected chi connectivity index (χ4v) is 7.89. The summed E-state index contributed by atoms with van der Waals surface area (Å²) in [5.74, 6) is 0.352. The van der Waals surface area contributed by atoms with Crippen molar-refractivity contribution in [1.29, 1.82) is 0 Å². The van der Waals surface area contributed by atoms with E-state index in [2.05, 4.69) is 90.1 Å². The molecule has 6 aromatic carbocycles. The Kier molecular flexibility index (Phi) is 8.88. The average Bonchev–Trinajstić information content (AvgIpc) is 3.65. The molecule has 8 aromatic rings. The maximum absolute atomic E-state index is 11.9. The van der Waals surface area contributed by atoms with Crippen molar-refractivity contribution in [3.05, 3.63) is 167 Å². The molecule has 0 amide bonds. The molecule has 312 valence electrons. The smallest absolute Gasteiger partial charge is 0.148 e. The molecule has 4 nitrogen and oxygen atoms in total. The zero-order valence-corrected chi connectivity index (χ0v) is 38.1. The molecule has 2 heterocycles. The van der Waals surface area contributed by atoms with Gasteiger partial charge in [0.1, 0.15) is 11.6 Å². The van der Waals surface area contributed by atoms with Gasteiger partial charge in [-0.25, -0.2) is 4.98 Å². The molecule has 1 N–H and O–H groups in total. The number of para-hydroxylation sites is 1. The molecule has 0 aliphatic rings. The Morgan fingerprint density at radius 2 is 1.28 bits per heavy atom. The van der Waals surface area contributed by atoms with Gasteiger partial charge >= 0.3 is 0 Å². The average molecular weight is 991 g/mol. The van der Waals surface area contributed by atoms with Crippen molar-refractivity contribution in [3.63, 3.8) is 0 Å². The molecule has 5 heteroatoms. The van der Waals surface area contributed by atoms with Crippen LogP contribution in [-0.2, 0) is 37.3 Å². The number of hydrogen-bond acceptors (Lipinski definition) is 3. The van der Waals surface area contributed by atoms with Crippen molar-refractivity contribution in [2.45, 2.75) is 92.2 Å². The van der Waals surface area contributed by atoms with Gasteiger partial charge in [0.15, 0.2) is 0 Å². The molecule has 0 fully saturated rings. The fraction of sp³-hybridized carbons (Fsp3) is 0.250. The number of imidazole rings is 1. The molecule has 0 saturated heterocycles. The molecule has 0 unspecified atom stereocenters. The predicted octanol–water partition coefficient (Wildman–Crippen LogP) is 14.8. The van der Waals surface area contributed by atoms with Gasteiger partial charge in [-0.05, 0) is 99.4 Å². The summed E-state index contributed by atoms with van der Waals surface area (Å²) < 4.78 is 78.7. The van der Waals surface area contributed by atoms with Crippen molar-refractivity contribution < 1.29 is 38.5 Å². The third-order valence-electron chi connectivity index (χ3n) is 11.3. The van der Waals surface area contributed by atoms with Gasteiger partial charge in [-0.15, -0.1) is 29.3 Å². The molecule has 2 aromatic heterocycles. The third kappa shape index (κ3) is 8.66. The van der Waals surface area contributed by atoms with Gasteiger partial charge in [-0.3, -0.25) is 9.55 Å². The standard InChI is InChI=1S/C56H56N3O.Pt/c1-35-28-36(2)52(60)47(29-35)53-58-51-45(18-15-19-50(51)59(53)49-25-24-43(55(6,7)8)34-46(49)38-16-13-12-14-17-38)40-30-41(32-44(31-40)56(9,10)11)48-33-39(26-27-57-48)37-20-22-42(23-21-37)54(3,4)5;/h12-29,31-34,60H,1-11H3;/q-1;/i6D3,7D3,8D3;. The minimum Gasteiger partial charge on any atom is -0.507 e. The van der Waals surface area contributed by atoms with E-state index in [9.17, 15) is 5.11 Å². The maximum Gasteiger partial charge on any atom is 0.148 e. The fourth-order valence-electron chi connectivity index (χ4n) is 7.89. The van der Waals surface area contributed by atoms with Crippen molar-refractivity contribution in [2.75, 3.05) is 0 Å². The van der Waals surface area contributed by atoms with Crippen molar-refractivity contribution in [3.8, 4) is 67.5 Å². The molecule has 0 saturated carbocycles. The largest absolute Gasteiger partial charge is 0.507 e. The molecule has 0 bridgehead atoms. The minimum absolute atomic E-state index is 0. The topological polar surface area (TPSA) is 50.9 Å². The Bertz CT molecular complexity index is 3200.